The Labute approximate surface area is 122 Å². The van der Waals surface area contributed by atoms with Gasteiger partial charge in [0.15, 0.2) is 0 Å². The molecule has 0 aliphatic carbocycles. The number of ether oxygens (including phenoxy) is 3. The molecule has 20 heavy (non-hydrogen) atoms. The molecule has 5 heteroatoms. The normalized spacial score (nSPS) is 15.4. The van der Waals surface area contributed by atoms with Crippen LogP contribution in [0.5, 0.6) is 0 Å². The van der Waals surface area contributed by atoms with Crippen LogP contribution in [0, 0.1) is 5.92 Å². The lowest BCUT2D eigenvalue weighted by atomic mass is 10.0. The van der Waals surface area contributed by atoms with Gasteiger partial charge in [0.1, 0.15) is 12.7 Å². The molecular formula is C15H30O5. The molecule has 0 aliphatic heterocycles. The monoisotopic (exact) mass is 290 g/mol. The highest BCUT2D eigenvalue weighted by Crippen LogP contribution is 2.13. The molecule has 0 amide bonds. The molecule has 120 valence electrons. The minimum Gasteiger partial charge on any atom is -0.432 e. The first-order valence-corrected chi connectivity index (χ1v) is 7.58. The molecule has 0 saturated carbocycles. The molecule has 0 aliphatic rings. The number of carbonyl (C=O) groups excluding carboxylic acids is 1. The van der Waals surface area contributed by atoms with Crippen LogP contribution in [0.25, 0.3) is 0 Å². The maximum absolute atomic E-state index is 11.2. The van der Waals surface area contributed by atoms with Crippen molar-refractivity contribution in [3.63, 3.8) is 0 Å². The van der Waals surface area contributed by atoms with Crippen molar-refractivity contribution in [1.29, 1.82) is 0 Å². The van der Waals surface area contributed by atoms with E-state index in [1.54, 1.807) is 13.8 Å². The molecule has 3 unspecified atom stereocenters. The summed E-state index contributed by atoms with van der Waals surface area (Å²) in [6.45, 7) is 8.66. The smallest absolute Gasteiger partial charge is 0.432 e. The van der Waals surface area contributed by atoms with E-state index in [-0.39, 0.29) is 12.7 Å². The third-order valence-electron chi connectivity index (χ3n) is 2.99. The van der Waals surface area contributed by atoms with Crippen molar-refractivity contribution >= 4 is 6.16 Å². The Hall–Kier alpha value is -0.810. The number of aliphatic hydroxyl groups is 1. The first-order valence-electron chi connectivity index (χ1n) is 7.58. The predicted octanol–water partition coefficient (Wildman–Crippen LogP) is 3.14. The van der Waals surface area contributed by atoms with Crippen LogP contribution in [-0.4, -0.2) is 43.3 Å². The zero-order valence-corrected chi connectivity index (χ0v) is 13.3. The first-order chi connectivity index (χ1) is 9.49. The van der Waals surface area contributed by atoms with E-state index in [1.807, 2.05) is 0 Å². The van der Waals surface area contributed by atoms with Gasteiger partial charge >= 0.3 is 6.16 Å². The Bertz CT molecular complexity index is 242. The molecule has 5 nitrogen and oxygen atoms in total. The third kappa shape index (κ3) is 11.1. The van der Waals surface area contributed by atoms with Crippen LogP contribution in [0.4, 0.5) is 4.79 Å². The van der Waals surface area contributed by atoms with Crippen molar-refractivity contribution in [2.24, 2.45) is 5.92 Å². The number of unbranched alkanes of at least 4 members (excludes halogenated alkanes) is 1. The fourth-order valence-electron chi connectivity index (χ4n) is 1.72. The van der Waals surface area contributed by atoms with E-state index in [9.17, 15) is 4.79 Å². The maximum Gasteiger partial charge on any atom is 0.508 e. The molecule has 0 fully saturated rings. The lowest BCUT2D eigenvalue weighted by Crippen LogP contribution is -2.24. The van der Waals surface area contributed by atoms with Gasteiger partial charge in [-0.2, -0.15) is 0 Å². The largest absolute Gasteiger partial charge is 0.508 e. The van der Waals surface area contributed by atoms with Crippen LogP contribution in [0.2, 0.25) is 0 Å². The fourth-order valence-corrected chi connectivity index (χ4v) is 1.72. The van der Waals surface area contributed by atoms with Gasteiger partial charge in [0.05, 0.1) is 12.7 Å². The number of carbonyl (C=O) groups is 1. The Kier molecular flexibility index (Phi) is 11.5. The lowest BCUT2D eigenvalue weighted by Gasteiger charge is -2.17. The number of hydrogen-bond donors (Lipinski definition) is 1. The summed E-state index contributed by atoms with van der Waals surface area (Å²) in [5.74, 6) is 0.573. The van der Waals surface area contributed by atoms with E-state index in [0.717, 1.165) is 6.42 Å². The average molecular weight is 290 g/mol. The molecule has 0 aromatic carbocycles. The summed E-state index contributed by atoms with van der Waals surface area (Å²) in [6.07, 6.45) is 2.91. The van der Waals surface area contributed by atoms with E-state index in [0.29, 0.717) is 19.1 Å². The molecule has 1 N–H and O–H groups in total. The van der Waals surface area contributed by atoms with Gasteiger partial charge in [-0.1, -0.05) is 33.1 Å². The van der Waals surface area contributed by atoms with Crippen molar-refractivity contribution in [1.82, 2.24) is 0 Å². The average Bonchev–Trinajstić information content (AvgIpc) is 2.40. The number of rotatable bonds is 11. The van der Waals surface area contributed by atoms with Crippen LogP contribution in [0.3, 0.4) is 0 Å². The summed E-state index contributed by atoms with van der Waals surface area (Å²) in [5.41, 5.74) is 0. The summed E-state index contributed by atoms with van der Waals surface area (Å²) < 4.78 is 15.3. The van der Waals surface area contributed by atoms with E-state index in [4.69, 9.17) is 19.3 Å². The molecule has 0 aromatic heterocycles. The van der Waals surface area contributed by atoms with Crippen molar-refractivity contribution in [2.75, 3.05) is 19.8 Å². The van der Waals surface area contributed by atoms with Crippen molar-refractivity contribution in [3.8, 4) is 0 Å². The topological polar surface area (TPSA) is 65.0 Å². The van der Waals surface area contributed by atoms with E-state index < -0.39 is 12.3 Å². The standard InChI is InChI=1S/C15H30O5/c1-5-7-8-14(6-2)11-18-10-13(4)20-15(17)19-9-12(3)16/h12-14,16H,5-11H2,1-4H3. The summed E-state index contributed by atoms with van der Waals surface area (Å²) >= 11 is 0. The Morgan fingerprint density at radius 3 is 2.40 bits per heavy atom. The van der Waals surface area contributed by atoms with Crippen molar-refractivity contribution in [3.05, 3.63) is 0 Å². The summed E-state index contributed by atoms with van der Waals surface area (Å²) in [6, 6.07) is 0. The highest BCUT2D eigenvalue weighted by atomic mass is 16.7. The van der Waals surface area contributed by atoms with Gasteiger partial charge in [-0.25, -0.2) is 4.79 Å². The van der Waals surface area contributed by atoms with Crippen LogP contribution < -0.4 is 0 Å². The highest BCUT2D eigenvalue weighted by Gasteiger charge is 2.13. The Balaban J connectivity index is 3.70. The van der Waals surface area contributed by atoms with Crippen molar-refractivity contribution in [2.45, 2.75) is 65.6 Å². The quantitative estimate of drug-likeness (QED) is 0.592. The van der Waals surface area contributed by atoms with E-state index >= 15 is 0 Å². The minimum absolute atomic E-state index is 0.0542. The predicted molar refractivity (Wildman–Crippen MR) is 77.7 cm³/mol. The number of hydrogen-bond acceptors (Lipinski definition) is 5. The first kappa shape index (κ1) is 19.2. The van der Waals surface area contributed by atoms with Gasteiger partial charge in [-0.05, 0) is 26.2 Å². The molecule has 0 radical (unpaired) electrons. The fraction of sp³-hybridized carbons (Fsp3) is 0.933. The van der Waals surface area contributed by atoms with E-state index in [1.165, 1.54) is 19.3 Å². The minimum atomic E-state index is -0.764. The molecule has 0 bridgehead atoms. The van der Waals surface area contributed by atoms with Crippen LogP contribution in [-0.2, 0) is 14.2 Å². The second kappa shape index (κ2) is 12.0. The zero-order valence-electron chi connectivity index (χ0n) is 13.3. The molecule has 0 saturated heterocycles. The second-order valence-corrected chi connectivity index (χ2v) is 5.29. The van der Waals surface area contributed by atoms with Gasteiger partial charge in [0, 0.05) is 6.61 Å². The van der Waals surface area contributed by atoms with Gasteiger partial charge in [-0.15, -0.1) is 0 Å². The summed E-state index contributed by atoms with van der Waals surface area (Å²) in [4.78, 5) is 11.2. The van der Waals surface area contributed by atoms with Crippen LogP contribution in [0.15, 0.2) is 0 Å². The maximum atomic E-state index is 11.2. The molecule has 3 atom stereocenters. The zero-order chi connectivity index (χ0) is 15.4. The van der Waals surface area contributed by atoms with Gasteiger partial charge in [0.2, 0.25) is 0 Å². The van der Waals surface area contributed by atoms with Crippen LogP contribution in [0.1, 0.15) is 53.4 Å². The van der Waals surface area contributed by atoms with Gasteiger partial charge in [-0.3, -0.25) is 0 Å². The second-order valence-electron chi connectivity index (χ2n) is 5.29. The van der Waals surface area contributed by atoms with Crippen LogP contribution >= 0.6 is 0 Å². The Morgan fingerprint density at radius 2 is 1.85 bits per heavy atom. The van der Waals surface area contributed by atoms with Crippen molar-refractivity contribution < 1.29 is 24.1 Å². The molecular weight excluding hydrogens is 260 g/mol. The summed E-state index contributed by atoms with van der Waals surface area (Å²) in [5, 5.41) is 8.98. The highest BCUT2D eigenvalue weighted by molar-refractivity contribution is 5.60. The Morgan fingerprint density at radius 1 is 1.15 bits per heavy atom. The van der Waals surface area contributed by atoms with E-state index in [2.05, 4.69) is 13.8 Å². The number of aliphatic hydroxyl groups excluding tert-OH is 1. The SMILES string of the molecule is CCCCC(CC)COCC(C)OC(=O)OCC(C)O. The molecule has 0 aromatic rings. The molecule has 0 spiro atoms. The lowest BCUT2D eigenvalue weighted by molar-refractivity contribution is -0.0264. The molecule has 0 rings (SSSR count). The summed E-state index contributed by atoms with van der Waals surface area (Å²) in [7, 11) is 0. The van der Waals surface area contributed by atoms with Gasteiger partial charge < -0.3 is 19.3 Å². The third-order valence-corrected chi connectivity index (χ3v) is 2.99. The molecule has 0 heterocycles. The van der Waals surface area contributed by atoms with Gasteiger partial charge in [0.25, 0.3) is 0 Å².